The molecule has 0 saturated heterocycles. The lowest BCUT2D eigenvalue weighted by molar-refractivity contribution is -0.643. The van der Waals surface area contributed by atoms with Gasteiger partial charge in [0, 0.05) is 11.5 Å². The van der Waals surface area contributed by atoms with E-state index >= 15 is 0 Å². The van der Waals surface area contributed by atoms with E-state index in [1.807, 2.05) is 29.8 Å². The fourth-order valence-electron chi connectivity index (χ4n) is 2.43. The van der Waals surface area contributed by atoms with Crippen molar-refractivity contribution in [2.24, 2.45) is 7.05 Å². The highest BCUT2D eigenvalue weighted by atomic mass is 35.5. The predicted molar refractivity (Wildman–Crippen MR) is 71.9 cm³/mol. The number of pyridine rings is 1. The Balaban J connectivity index is 0.00000147. The molecule has 0 bridgehead atoms. The van der Waals surface area contributed by atoms with Gasteiger partial charge in [0.05, 0.1) is 17.4 Å². The van der Waals surface area contributed by atoms with Gasteiger partial charge < -0.3 is 27.7 Å². The van der Waals surface area contributed by atoms with Crippen LogP contribution < -0.4 is 17.0 Å². The Kier molecular flexibility index (Phi) is 3.70. The smallest absolute Gasteiger partial charge is 0.212 e. The predicted octanol–water partition coefficient (Wildman–Crippen LogP) is -1.28. The lowest BCUT2D eigenvalue weighted by Crippen LogP contribution is -3.00. The maximum Gasteiger partial charge on any atom is 0.212 e. The van der Waals surface area contributed by atoms with E-state index in [2.05, 4.69) is 0 Å². The van der Waals surface area contributed by atoms with Gasteiger partial charge in [-0.3, -0.25) is 0 Å². The van der Waals surface area contributed by atoms with Gasteiger partial charge in [-0.25, -0.2) is 4.57 Å². The van der Waals surface area contributed by atoms with E-state index < -0.39 is 0 Å². The average molecular weight is 292 g/mol. The normalized spacial score (nSPS) is 10.7. The highest BCUT2D eigenvalue weighted by Crippen LogP contribution is 2.35. The van der Waals surface area contributed by atoms with Gasteiger partial charge in [0.25, 0.3) is 0 Å². The Morgan fingerprint density at radius 1 is 1.00 bits per heavy atom. The lowest BCUT2D eigenvalue weighted by Gasteiger charge is -2.06. The van der Waals surface area contributed by atoms with Crippen molar-refractivity contribution in [1.29, 1.82) is 0 Å². The molecule has 0 aliphatic carbocycles. The van der Waals surface area contributed by atoms with Crippen LogP contribution in [0, 0.1) is 0 Å². The first kappa shape index (κ1) is 14.4. The van der Waals surface area contributed by atoms with Crippen LogP contribution >= 0.6 is 0 Å². The largest absolute Gasteiger partial charge is 1.00 e. The number of aliphatic hydroxyl groups is 1. The zero-order valence-electron chi connectivity index (χ0n) is 10.8. The Morgan fingerprint density at radius 2 is 1.75 bits per heavy atom. The quantitative estimate of drug-likeness (QED) is 0.297. The van der Waals surface area contributed by atoms with Gasteiger partial charge in [0.15, 0.2) is 17.7 Å². The summed E-state index contributed by atoms with van der Waals surface area (Å²) in [6, 6.07) is 8.95. The summed E-state index contributed by atoms with van der Waals surface area (Å²) >= 11 is 0. The van der Waals surface area contributed by atoms with Crippen molar-refractivity contribution < 1.29 is 32.3 Å². The van der Waals surface area contributed by atoms with Gasteiger partial charge in [-0.1, -0.05) is 6.07 Å². The summed E-state index contributed by atoms with van der Waals surface area (Å²) in [7, 11) is 1.88. The highest BCUT2D eigenvalue weighted by molar-refractivity contribution is 6.06. The molecular formula is C15H14ClNO3. The van der Waals surface area contributed by atoms with Crippen LogP contribution in [0.2, 0.25) is 0 Å². The first-order chi connectivity index (χ1) is 9.11. The summed E-state index contributed by atoms with van der Waals surface area (Å²) < 4.78 is 1.89. The average Bonchev–Trinajstić information content (AvgIpc) is 2.43. The number of hydrogen-bond donors (Lipinski definition) is 3. The molecule has 20 heavy (non-hydrogen) atoms. The fourth-order valence-corrected chi connectivity index (χ4v) is 2.43. The van der Waals surface area contributed by atoms with Crippen LogP contribution in [-0.4, -0.2) is 15.3 Å². The molecule has 2 aromatic carbocycles. The molecule has 0 spiro atoms. The van der Waals surface area contributed by atoms with Crippen LogP contribution in [0.4, 0.5) is 0 Å². The molecule has 3 N–H and O–H groups in total. The second-order valence-corrected chi connectivity index (χ2v) is 4.64. The SMILES string of the molecule is C[n+]1cc2c(O)c(O)ccc2c2cc(CO)ccc21.[Cl-]. The van der Waals surface area contributed by atoms with Gasteiger partial charge in [-0.05, 0) is 23.8 Å². The van der Waals surface area contributed by atoms with Gasteiger partial charge in [-0.2, -0.15) is 0 Å². The number of aromatic hydroxyl groups is 2. The molecular weight excluding hydrogens is 278 g/mol. The summed E-state index contributed by atoms with van der Waals surface area (Å²) in [5, 5.41) is 31.1. The number of aromatic nitrogens is 1. The molecule has 1 aromatic heterocycles. The number of hydrogen-bond acceptors (Lipinski definition) is 3. The van der Waals surface area contributed by atoms with E-state index in [1.165, 1.54) is 6.07 Å². The van der Waals surface area contributed by atoms with Crippen molar-refractivity contribution in [2.45, 2.75) is 6.61 Å². The minimum Gasteiger partial charge on any atom is -1.00 e. The van der Waals surface area contributed by atoms with Gasteiger partial charge >= 0.3 is 0 Å². The number of halogens is 1. The standard InChI is InChI=1S/C15H13NO3.ClH/c1-16-7-12-10(3-5-14(18)15(12)19)11-6-9(8-17)2-4-13(11)16;/h2-7,17-18H,8H2,1H3;1H. The van der Waals surface area contributed by atoms with E-state index in [0.29, 0.717) is 5.39 Å². The Bertz CT molecular complexity index is 802. The van der Waals surface area contributed by atoms with E-state index in [1.54, 1.807) is 12.3 Å². The van der Waals surface area contributed by atoms with Gasteiger partial charge in [0.1, 0.15) is 7.05 Å². The highest BCUT2D eigenvalue weighted by Gasteiger charge is 2.15. The summed E-state index contributed by atoms with van der Waals surface area (Å²) in [6.07, 6.45) is 1.78. The molecule has 3 rings (SSSR count). The Hall–Kier alpha value is -2.04. The molecule has 0 fully saturated rings. The van der Waals surface area contributed by atoms with Crippen LogP contribution in [0.5, 0.6) is 11.5 Å². The maximum atomic E-state index is 9.96. The maximum absolute atomic E-state index is 9.96. The summed E-state index contributed by atoms with van der Waals surface area (Å²) in [6.45, 7) is -0.0277. The summed E-state index contributed by atoms with van der Waals surface area (Å²) in [5.41, 5.74) is 1.81. The zero-order chi connectivity index (χ0) is 13.6. The third-order valence-electron chi connectivity index (χ3n) is 3.43. The number of benzene rings is 2. The molecule has 0 aliphatic rings. The Labute approximate surface area is 121 Å². The summed E-state index contributed by atoms with van der Waals surface area (Å²) in [5.74, 6) is -0.255. The van der Waals surface area contributed by atoms with Crippen molar-refractivity contribution in [2.75, 3.05) is 0 Å². The molecule has 0 saturated carbocycles. The third kappa shape index (κ3) is 2.03. The van der Waals surface area contributed by atoms with Crippen LogP contribution in [-0.2, 0) is 13.7 Å². The van der Waals surface area contributed by atoms with Crippen LogP contribution in [0.15, 0.2) is 36.5 Å². The van der Waals surface area contributed by atoms with Crippen molar-refractivity contribution >= 4 is 21.7 Å². The Morgan fingerprint density at radius 3 is 2.45 bits per heavy atom. The molecule has 3 aromatic rings. The fraction of sp³-hybridized carbons (Fsp3) is 0.133. The van der Waals surface area contributed by atoms with E-state index in [0.717, 1.165) is 21.9 Å². The minimum atomic E-state index is -0.134. The summed E-state index contributed by atoms with van der Waals surface area (Å²) in [4.78, 5) is 0. The molecule has 0 amide bonds. The van der Waals surface area contributed by atoms with Crippen molar-refractivity contribution in [3.05, 3.63) is 42.1 Å². The van der Waals surface area contributed by atoms with Crippen LogP contribution in [0.3, 0.4) is 0 Å². The van der Waals surface area contributed by atoms with E-state index in [-0.39, 0.29) is 30.5 Å². The molecule has 4 nitrogen and oxygen atoms in total. The van der Waals surface area contributed by atoms with Crippen LogP contribution in [0.25, 0.3) is 21.7 Å². The number of phenols is 2. The number of aryl methyl sites for hydroxylation is 1. The lowest BCUT2D eigenvalue weighted by atomic mass is 10.0. The van der Waals surface area contributed by atoms with Gasteiger partial charge in [-0.15, -0.1) is 0 Å². The third-order valence-corrected chi connectivity index (χ3v) is 3.43. The van der Waals surface area contributed by atoms with E-state index in [9.17, 15) is 15.3 Å². The minimum absolute atomic E-state index is 0. The van der Waals surface area contributed by atoms with E-state index in [4.69, 9.17) is 0 Å². The molecule has 1 heterocycles. The van der Waals surface area contributed by atoms with Crippen LogP contribution in [0.1, 0.15) is 5.56 Å². The first-order valence-electron chi connectivity index (χ1n) is 5.98. The number of nitrogens with zero attached hydrogens (tertiary/aromatic N) is 1. The molecule has 104 valence electrons. The van der Waals surface area contributed by atoms with Gasteiger partial charge in [0.2, 0.25) is 5.52 Å². The second kappa shape index (κ2) is 5.15. The number of rotatable bonds is 1. The number of aliphatic hydroxyl groups excluding tert-OH is 1. The molecule has 0 radical (unpaired) electrons. The van der Waals surface area contributed by atoms with Crippen molar-refractivity contribution in [3.63, 3.8) is 0 Å². The monoisotopic (exact) mass is 291 g/mol. The first-order valence-corrected chi connectivity index (χ1v) is 5.98. The number of fused-ring (bicyclic) bond motifs is 3. The second-order valence-electron chi connectivity index (χ2n) is 4.64. The zero-order valence-corrected chi connectivity index (χ0v) is 11.6. The molecule has 0 atom stereocenters. The molecule has 5 heteroatoms. The molecule has 0 unspecified atom stereocenters. The van der Waals surface area contributed by atoms with Crippen molar-refractivity contribution in [1.82, 2.24) is 0 Å². The van der Waals surface area contributed by atoms with Crippen molar-refractivity contribution in [3.8, 4) is 11.5 Å². The molecule has 0 aliphatic heterocycles. The topological polar surface area (TPSA) is 64.6 Å². The number of phenolic OH excluding ortho intramolecular Hbond substituents is 2.